The first kappa shape index (κ1) is 79.2. The smallest absolute Gasteiger partial charge is 0.345 e. The number of urea groups is 1. The average Bonchev–Trinajstić information content (AvgIpc) is 3.53. The van der Waals surface area contributed by atoms with Gasteiger partial charge >= 0.3 is 53.8 Å². The number of halogens is 3. The van der Waals surface area contributed by atoms with Gasteiger partial charge in [0.05, 0.1) is 6.42 Å². The largest absolute Gasteiger partial charge is 0.478 e. The molecule has 490 valence electrons. The molecule has 0 aliphatic rings. The van der Waals surface area contributed by atoms with Crippen LogP contribution in [-0.2, 0) is 95.5 Å². The highest BCUT2D eigenvalue weighted by molar-refractivity contribution is 6.67. The maximum absolute atomic E-state index is 13.8. The number of hydrogen-bond donors (Lipinski definition) is 8. The third kappa shape index (κ3) is 27.7. The maximum Gasteiger partial charge on any atom is 0.345 e. The van der Waals surface area contributed by atoms with E-state index in [1.807, 2.05) is 0 Å². The van der Waals surface area contributed by atoms with Crippen molar-refractivity contribution in [1.29, 1.82) is 0 Å². The Bertz CT molecular complexity index is 2420. The first-order valence-electron chi connectivity index (χ1n) is 27.6. The summed E-state index contributed by atoms with van der Waals surface area (Å²) in [5, 5.41) is 23.7. The standard InChI is InChI=1S/C54H86Cl3N7O22/c1-21(2)34(48(74)81-28(15)41(66)59-32(19-33(65)80-20-54(55,56)57)47(73)86-40(27(13)14)46(71)72)60-42(67)29(16)82-49(75)35(22(3)4)61-43(68)30(17)83-50(76)36(23(5)6)63-45(70)39(26(11)12)85-52(78)37(24(7)8)62-44(69)31(18)84-51(77)38(25(9)10)64-53(58)79/h21-32,34-40H,19-20H2,1-18H3,(H,59,66)(H,60,67)(H,61,68)(H,62,69)(H,63,70)(H,71,72)(H3,58,64,79)/t28-,29?,30?,31?,32?,34?,35?,36?,37?,38?,39?,40?/m0/s1. The van der Waals surface area contributed by atoms with Crippen LogP contribution in [-0.4, -0.2) is 172 Å². The summed E-state index contributed by atoms with van der Waals surface area (Å²) >= 11 is 16.9. The van der Waals surface area contributed by atoms with Crippen LogP contribution >= 0.6 is 34.8 Å². The minimum Gasteiger partial charge on any atom is -0.478 e. The Hall–Kier alpha value is -6.75. The number of aliphatic carboxylic acids is 1. The van der Waals surface area contributed by atoms with E-state index < -0.39 is 214 Å². The fourth-order valence-electron chi connectivity index (χ4n) is 7.13. The van der Waals surface area contributed by atoms with Gasteiger partial charge in [0.1, 0.15) is 42.9 Å². The molecule has 0 heterocycles. The summed E-state index contributed by atoms with van der Waals surface area (Å²) in [7, 11) is 0. The molecule has 7 amide bonds. The van der Waals surface area contributed by atoms with Crippen molar-refractivity contribution in [3.63, 3.8) is 0 Å². The average molecular weight is 1290 g/mol. The second kappa shape index (κ2) is 36.4. The molecule has 0 aromatic rings. The van der Waals surface area contributed by atoms with Crippen molar-refractivity contribution in [3.8, 4) is 0 Å². The van der Waals surface area contributed by atoms with E-state index in [2.05, 4.69) is 31.9 Å². The molecule has 0 saturated carbocycles. The topological polar surface area (TPSA) is 422 Å². The Morgan fingerprint density at radius 1 is 0.372 bits per heavy atom. The molecule has 0 radical (unpaired) electrons. The van der Waals surface area contributed by atoms with Crippen LogP contribution < -0.4 is 37.6 Å². The highest BCUT2D eigenvalue weighted by Gasteiger charge is 2.40. The molecule has 32 heteroatoms. The number of carbonyl (C=O) groups excluding carboxylic acids is 13. The van der Waals surface area contributed by atoms with Gasteiger partial charge in [-0.3, -0.25) is 28.8 Å². The SMILES string of the molecule is CC(OC(=O)C(NC(N)=O)C(C)C)C(=O)NC(C(=O)OC(C(=O)NC(C(=O)OC(C)C(=O)NC(C(=O)OC(C)C(=O)NC(C(=O)O[C@@H](C)C(=O)NC(CC(=O)OCC(Cl)(Cl)Cl)C(=O)OC(C(=O)O)C(C)C)C(C)C)C(C)C)C(C)C)C(C)C)C(C)C. The zero-order chi connectivity index (χ0) is 67.2. The van der Waals surface area contributed by atoms with Crippen LogP contribution in [0.15, 0.2) is 0 Å². The molecule has 0 aromatic carbocycles. The zero-order valence-corrected chi connectivity index (χ0v) is 53.9. The third-order valence-corrected chi connectivity index (χ3v) is 12.6. The molecule has 0 bridgehead atoms. The number of nitrogens with one attached hydrogen (secondary N) is 6. The van der Waals surface area contributed by atoms with E-state index >= 15 is 0 Å². The van der Waals surface area contributed by atoms with E-state index in [4.69, 9.17) is 73.7 Å². The number of primary amides is 1. The molecular weight excluding hydrogens is 1200 g/mol. The predicted molar refractivity (Wildman–Crippen MR) is 306 cm³/mol. The number of ether oxygens (including phenoxy) is 7. The lowest BCUT2D eigenvalue weighted by atomic mass is 10.0. The summed E-state index contributed by atoms with van der Waals surface area (Å²) in [6.07, 6.45) is -10.7. The number of rotatable bonds is 34. The molecule has 0 spiro atoms. The molecule has 0 saturated heterocycles. The van der Waals surface area contributed by atoms with E-state index in [-0.39, 0.29) is 0 Å². The van der Waals surface area contributed by atoms with Crippen molar-refractivity contribution in [2.45, 2.75) is 208 Å². The van der Waals surface area contributed by atoms with Gasteiger partial charge in [0, 0.05) is 5.92 Å². The van der Waals surface area contributed by atoms with Crippen LogP contribution in [0.25, 0.3) is 0 Å². The quantitative estimate of drug-likeness (QED) is 0.0259. The zero-order valence-electron chi connectivity index (χ0n) is 51.6. The Labute approximate surface area is 514 Å². The van der Waals surface area contributed by atoms with Gasteiger partial charge in [0.15, 0.2) is 30.5 Å². The van der Waals surface area contributed by atoms with Gasteiger partial charge in [0.2, 0.25) is 9.90 Å². The van der Waals surface area contributed by atoms with Crippen molar-refractivity contribution >= 4 is 118 Å². The second-order valence-electron chi connectivity index (χ2n) is 22.6. The van der Waals surface area contributed by atoms with Crippen LogP contribution in [0.5, 0.6) is 0 Å². The van der Waals surface area contributed by atoms with Crippen LogP contribution in [0.1, 0.15) is 131 Å². The van der Waals surface area contributed by atoms with Gasteiger partial charge in [-0.05, 0) is 63.2 Å². The summed E-state index contributed by atoms with van der Waals surface area (Å²) in [5.74, 6) is -19.3. The van der Waals surface area contributed by atoms with E-state index in [9.17, 15) is 72.2 Å². The summed E-state index contributed by atoms with van der Waals surface area (Å²) in [4.78, 5) is 183. The first-order chi connectivity index (χ1) is 39.3. The Morgan fingerprint density at radius 2 is 0.640 bits per heavy atom. The van der Waals surface area contributed by atoms with Crippen LogP contribution in [0.3, 0.4) is 0 Å². The van der Waals surface area contributed by atoms with Gasteiger partial charge in [-0.1, -0.05) is 132 Å². The molecule has 0 aliphatic heterocycles. The van der Waals surface area contributed by atoms with Crippen molar-refractivity contribution in [1.82, 2.24) is 31.9 Å². The van der Waals surface area contributed by atoms with Gasteiger partial charge in [-0.25, -0.2) is 38.4 Å². The second-order valence-corrected chi connectivity index (χ2v) is 25.1. The number of hydrogen-bond acceptors (Lipinski definition) is 21. The lowest BCUT2D eigenvalue weighted by molar-refractivity contribution is -0.170. The molecule has 0 aliphatic carbocycles. The maximum atomic E-state index is 13.8. The third-order valence-electron chi connectivity index (χ3n) is 12.3. The molecule has 0 fully saturated rings. The number of carboxylic acid groups (broad SMARTS) is 1. The van der Waals surface area contributed by atoms with Gasteiger partial charge in [-0.15, -0.1) is 0 Å². The molecule has 9 N–H and O–H groups in total. The van der Waals surface area contributed by atoms with Crippen molar-refractivity contribution in [2.24, 2.45) is 47.2 Å². The van der Waals surface area contributed by atoms with Gasteiger partial charge in [-0.2, -0.15) is 0 Å². The van der Waals surface area contributed by atoms with Crippen LogP contribution in [0, 0.1) is 41.4 Å². The van der Waals surface area contributed by atoms with Gasteiger partial charge < -0.3 is 75.9 Å². The number of amides is 7. The summed E-state index contributed by atoms with van der Waals surface area (Å²) < 4.78 is 34.7. The van der Waals surface area contributed by atoms with Crippen molar-refractivity contribution < 1.29 is 105 Å². The number of carbonyl (C=O) groups is 14. The molecule has 86 heavy (non-hydrogen) atoms. The van der Waals surface area contributed by atoms with E-state index in [1.165, 1.54) is 55.4 Å². The van der Waals surface area contributed by atoms with Crippen LogP contribution in [0.4, 0.5) is 4.79 Å². The Morgan fingerprint density at radius 3 is 0.907 bits per heavy atom. The molecular formula is C54H86Cl3N7O22. The number of alkyl halides is 3. The minimum absolute atomic E-state index is 0.465. The summed E-state index contributed by atoms with van der Waals surface area (Å²) in [6.45, 7) is 25.3. The Kier molecular flexibility index (Phi) is 33.6. The lowest BCUT2D eigenvalue weighted by Gasteiger charge is -2.29. The molecule has 0 aromatic heterocycles. The Balaban J connectivity index is 6.03. The summed E-state index contributed by atoms with van der Waals surface area (Å²) in [6, 6.07) is -9.87. The van der Waals surface area contributed by atoms with E-state index in [0.717, 1.165) is 13.8 Å². The fraction of sp³-hybridized carbons (Fsp3) is 0.741. The van der Waals surface area contributed by atoms with Crippen molar-refractivity contribution in [2.75, 3.05) is 6.61 Å². The van der Waals surface area contributed by atoms with E-state index in [1.54, 1.807) is 55.4 Å². The van der Waals surface area contributed by atoms with Gasteiger partial charge in [0.25, 0.3) is 29.5 Å². The number of carboxylic acids is 1. The minimum atomic E-state index is -2.06. The predicted octanol–water partition coefficient (Wildman–Crippen LogP) is 1.98. The first-order valence-corrected chi connectivity index (χ1v) is 28.7. The normalized spacial score (nSPS) is 15.8. The number of esters is 7. The number of nitrogens with two attached hydrogens (primary N) is 1. The molecule has 29 nitrogen and oxygen atoms in total. The highest BCUT2D eigenvalue weighted by Crippen LogP contribution is 2.26. The monoisotopic (exact) mass is 1290 g/mol. The summed E-state index contributed by atoms with van der Waals surface area (Å²) in [5.41, 5.74) is 5.16. The fourth-order valence-corrected chi connectivity index (χ4v) is 7.30. The molecule has 0 rings (SSSR count). The van der Waals surface area contributed by atoms with Crippen molar-refractivity contribution in [3.05, 3.63) is 0 Å². The lowest BCUT2D eigenvalue weighted by Crippen LogP contribution is -2.55. The molecule has 11 unspecified atom stereocenters. The highest BCUT2D eigenvalue weighted by atomic mass is 35.6. The molecule has 12 atom stereocenters. The van der Waals surface area contributed by atoms with Crippen LogP contribution in [0.2, 0.25) is 0 Å². The van der Waals surface area contributed by atoms with E-state index in [0.29, 0.717) is 0 Å².